The molecule has 0 aliphatic rings. The van der Waals surface area contributed by atoms with Gasteiger partial charge in [-0.1, -0.05) is 103 Å². The summed E-state index contributed by atoms with van der Waals surface area (Å²) in [6.45, 7) is 2.73. The highest BCUT2D eigenvalue weighted by Crippen LogP contribution is 2.13. The van der Waals surface area contributed by atoms with Crippen molar-refractivity contribution in [1.29, 1.82) is 0 Å². The van der Waals surface area contributed by atoms with Crippen LogP contribution < -0.4 is 0 Å². The van der Waals surface area contributed by atoms with Crippen LogP contribution >= 0.6 is 0 Å². The Hall–Kier alpha value is -1.14. The first-order valence-electron chi connectivity index (χ1n) is 12.6. The molecular weight excluding hydrogens is 396 g/mol. The lowest BCUT2D eigenvalue weighted by Gasteiger charge is -2.06. The molecule has 0 N–H and O–H groups in total. The van der Waals surface area contributed by atoms with Crippen molar-refractivity contribution < 1.29 is 28.5 Å². The molecule has 0 amide bonds. The molecule has 184 valence electrons. The molecule has 0 saturated heterocycles. The Morgan fingerprint density at radius 1 is 0.516 bits per heavy atom. The summed E-state index contributed by atoms with van der Waals surface area (Å²) in [5.74, 6) is -0.951. The van der Waals surface area contributed by atoms with Crippen molar-refractivity contribution in [3.8, 4) is 0 Å². The molecule has 0 saturated carbocycles. The van der Waals surface area contributed by atoms with Gasteiger partial charge in [-0.3, -0.25) is 0 Å². The minimum absolute atomic E-state index is 0.183. The van der Waals surface area contributed by atoms with Gasteiger partial charge in [-0.2, -0.15) is 0 Å². The lowest BCUT2D eigenvalue weighted by atomic mass is 10.0. The van der Waals surface area contributed by atoms with Crippen molar-refractivity contribution >= 4 is 11.9 Å². The Kier molecular flexibility index (Phi) is 24.2. The first-order valence-corrected chi connectivity index (χ1v) is 12.6. The van der Waals surface area contributed by atoms with Crippen LogP contribution in [-0.4, -0.2) is 52.1 Å². The minimum Gasteiger partial charge on any atom is -0.464 e. The van der Waals surface area contributed by atoms with Crippen molar-refractivity contribution in [2.45, 2.75) is 110 Å². The zero-order valence-corrected chi connectivity index (χ0v) is 20.3. The third-order valence-electron chi connectivity index (χ3n) is 5.25. The third kappa shape index (κ3) is 25.0. The Balaban J connectivity index is 3.20. The van der Waals surface area contributed by atoms with E-state index in [1.165, 1.54) is 97.0 Å². The van der Waals surface area contributed by atoms with E-state index in [2.05, 4.69) is 6.92 Å². The van der Waals surface area contributed by atoms with Crippen LogP contribution in [0.1, 0.15) is 110 Å². The molecule has 0 aliphatic carbocycles. The molecule has 6 nitrogen and oxygen atoms in total. The van der Waals surface area contributed by atoms with E-state index in [9.17, 15) is 9.59 Å². The van der Waals surface area contributed by atoms with Gasteiger partial charge in [0.15, 0.2) is 0 Å². The highest BCUT2D eigenvalue weighted by Gasteiger charge is 2.07. The van der Waals surface area contributed by atoms with Crippen molar-refractivity contribution in [2.75, 3.05) is 40.1 Å². The first kappa shape index (κ1) is 29.9. The number of esters is 2. The van der Waals surface area contributed by atoms with Gasteiger partial charge in [-0.05, 0) is 6.42 Å². The van der Waals surface area contributed by atoms with Gasteiger partial charge >= 0.3 is 11.9 Å². The molecule has 0 heterocycles. The summed E-state index contributed by atoms with van der Waals surface area (Å²) in [5, 5.41) is 0. The van der Waals surface area contributed by atoms with Crippen molar-refractivity contribution in [3.63, 3.8) is 0 Å². The normalized spacial score (nSPS) is 10.9. The monoisotopic (exact) mass is 444 g/mol. The number of rotatable bonds is 24. The summed E-state index contributed by atoms with van der Waals surface area (Å²) in [5.41, 5.74) is 0. The summed E-state index contributed by atoms with van der Waals surface area (Å²) in [4.78, 5) is 22.8. The maximum Gasteiger partial charge on any atom is 0.332 e. The molecule has 0 fully saturated rings. The smallest absolute Gasteiger partial charge is 0.332 e. The Labute approximate surface area is 190 Å². The van der Waals surface area contributed by atoms with Crippen molar-refractivity contribution in [3.05, 3.63) is 0 Å². The summed E-state index contributed by atoms with van der Waals surface area (Å²) in [6.07, 6.45) is 21.1. The average Bonchev–Trinajstić information content (AvgIpc) is 2.76. The fourth-order valence-electron chi connectivity index (χ4n) is 3.38. The topological polar surface area (TPSA) is 71.1 Å². The van der Waals surface area contributed by atoms with Crippen LogP contribution in [0.5, 0.6) is 0 Å². The van der Waals surface area contributed by atoms with Gasteiger partial charge in [-0.15, -0.1) is 0 Å². The fraction of sp³-hybridized carbons (Fsp3) is 0.920. The quantitative estimate of drug-likeness (QED) is 0.134. The number of carbonyl (C=O) groups excluding carboxylic acids is 2. The molecule has 6 heteroatoms. The summed E-state index contributed by atoms with van der Waals surface area (Å²) in [7, 11) is 1.53. The maximum absolute atomic E-state index is 11.5. The fourth-order valence-corrected chi connectivity index (χ4v) is 3.38. The molecule has 0 aromatic heterocycles. The van der Waals surface area contributed by atoms with Gasteiger partial charge in [-0.25, -0.2) is 9.59 Å². The summed E-state index contributed by atoms with van der Waals surface area (Å²) in [6, 6.07) is 0. The number of unbranched alkanes of at least 4 members (excludes halogenated alkanes) is 15. The third-order valence-corrected chi connectivity index (χ3v) is 5.25. The van der Waals surface area contributed by atoms with Crippen molar-refractivity contribution in [2.24, 2.45) is 0 Å². The minimum atomic E-state index is -0.511. The molecular formula is C25H48O6. The van der Waals surface area contributed by atoms with E-state index in [0.29, 0.717) is 13.2 Å². The van der Waals surface area contributed by atoms with Crippen LogP contribution in [0.4, 0.5) is 0 Å². The molecule has 0 radical (unpaired) electrons. The highest BCUT2D eigenvalue weighted by atomic mass is 16.6. The van der Waals surface area contributed by atoms with Gasteiger partial charge in [0.1, 0.15) is 19.8 Å². The molecule has 0 unspecified atom stereocenters. The second-order valence-electron chi connectivity index (χ2n) is 8.23. The van der Waals surface area contributed by atoms with Gasteiger partial charge in [0, 0.05) is 7.11 Å². The van der Waals surface area contributed by atoms with Gasteiger partial charge in [0.05, 0.1) is 13.2 Å². The molecule has 0 rings (SSSR count). The number of hydrogen-bond donors (Lipinski definition) is 0. The maximum atomic E-state index is 11.5. The van der Waals surface area contributed by atoms with E-state index in [-0.39, 0.29) is 19.8 Å². The number of ether oxygens (including phenoxy) is 4. The van der Waals surface area contributed by atoms with E-state index >= 15 is 0 Å². The number of hydrogen-bond acceptors (Lipinski definition) is 6. The van der Waals surface area contributed by atoms with Crippen molar-refractivity contribution in [1.82, 2.24) is 0 Å². The van der Waals surface area contributed by atoms with E-state index in [0.717, 1.165) is 12.8 Å². The van der Waals surface area contributed by atoms with Gasteiger partial charge < -0.3 is 18.9 Å². The Morgan fingerprint density at radius 3 is 1.32 bits per heavy atom. The van der Waals surface area contributed by atoms with Gasteiger partial charge in [0.2, 0.25) is 0 Å². The van der Waals surface area contributed by atoms with Gasteiger partial charge in [0.25, 0.3) is 0 Å². The van der Waals surface area contributed by atoms with Crippen LogP contribution in [0.3, 0.4) is 0 Å². The molecule has 0 bridgehead atoms. The lowest BCUT2D eigenvalue weighted by Crippen LogP contribution is -2.20. The lowest BCUT2D eigenvalue weighted by molar-refractivity contribution is -0.156. The van der Waals surface area contributed by atoms with E-state index in [1.54, 1.807) is 0 Å². The SMILES string of the molecule is CCCCCCCCCCCCCCCCCCOC(=O)COCC(=O)OCCOC. The van der Waals surface area contributed by atoms with E-state index in [4.69, 9.17) is 18.9 Å². The molecule has 31 heavy (non-hydrogen) atoms. The summed E-state index contributed by atoms with van der Waals surface area (Å²) < 4.78 is 19.7. The predicted octanol–water partition coefficient (Wildman–Crippen LogP) is 6.00. The van der Waals surface area contributed by atoms with Crippen LogP contribution in [-0.2, 0) is 28.5 Å². The Morgan fingerprint density at radius 2 is 0.903 bits per heavy atom. The van der Waals surface area contributed by atoms with E-state index < -0.39 is 11.9 Å². The van der Waals surface area contributed by atoms with Crippen LogP contribution in [0.25, 0.3) is 0 Å². The van der Waals surface area contributed by atoms with Crippen LogP contribution in [0, 0.1) is 0 Å². The number of carbonyl (C=O) groups is 2. The standard InChI is InChI=1S/C25H48O6/c1-3-4-5-6-7-8-9-10-11-12-13-14-15-16-17-18-19-30-24(26)22-29-23-25(27)31-21-20-28-2/h3-23H2,1-2H3. The average molecular weight is 445 g/mol. The number of methoxy groups -OCH3 is 1. The second kappa shape index (κ2) is 25.1. The zero-order chi connectivity index (χ0) is 22.8. The summed E-state index contributed by atoms with van der Waals surface area (Å²) >= 11 is 0. The predicted molar refractivity (Wildman–Crippen MR) is 124 cm³/mol. The van der Waals surface area contributed by atoms with Crippen LogP contribution in [0.2, 0.25) is 0 Å². The van der Waals surface area contributed by atoms with E-state index in [1.807, 2.05) is 0 Å². The Bertz CT molecular complexity index is 399. The molecule has 0 aromatic rings. The molecule has 0 atom stereocenters. The molecule has 0 aliphatic heterocycles. The first-order chi connectivity index (χ1) is 15.2. The second-order valence-corrected chi connectivity index (χ2v) is 8.23. The largest absolute Gasteiger partial charge is 0.464 e. The highest BCUT2D eigenvalue weighted by molar-refractivity contribution is 5.73. The molecule has 0 aromatic carbocycles. The van der Waals surface area contributed by atoms with Crippen LogP contribution in [0.15, 0.2) is 0 Å². The molecule has 0 spiro atoms. The zero-order valence-electron chi connectivity index (χ0n) is 20.3.